The van der Waals surface area contributed by atoms with Gasteiger partial charge in [0.25, 0.3) is 5.95 Å². The zero-order valence-electron chi connectivity index (χ0n) is 8.33. The van der Waals surface area contributed by atoms with Crippen molar-refractivity contribution in [2.24, 2.45) is 0 Å². The van der Waals surface area contributed by atoms with Crippen LogP contribution in [0.4, 0.5) is 5.95 Å². The average Bonchev–Trinajstić information content (AvgIpc) is 2.38. The number of hydrogen-bond acceptors (Lipinski definition) is 5. The summed E-state index contributed by atoms with van der Waals surface area (Å²) in [5, 5.41) is 0. The van der Waals surface area contributed by atoms with Crippen molar-refractivity contribution in [3.8, 4) is 0 Å². The van der Waals surface area contributed by atoms with Crippen LogP contribution in [-0.4, -0.2) is 15.9 Å². The Morgan fingerprint density at radius 3 is 2.44 bits per heavy atom. The molecule has 0 atom stereocenters. The Kier molecular flexibility index (Phi) is 3.08. The number of nitrogens with one attached hydrogen (secondary N) is 1. The van der Waals surface area contributed by atoms with E-state index in [4.69, 9.17) is 4.84 Å². The molecule has 5 heteroatoms. The van der Waals surface area contributed by atoms with Crippen molar-refractivity contribution < 1.29 is 9.63 Å². The molecule has 0 spiro atoms. The zero-order valence-corrected chi connectivity index (χ0v) is 8.33. The monoisotopic (exact) mass is 215 g/mol. The smallest absolute Gasteiger partial charge is 0.335 e. The van der Waals surface area contributed by atoms with Crippen LogP contribution in [0.3, 0.4) is 0 Å². The molecule has 1 heterocycles. The minimum Gasteiger partial charge on any atom is -0.335 e. The van der Waals surface area contributed by atoms with Gasteiger partial charge in [0, 0.05) is 12.4 Å². The highest BCUT2D eigenvalue weighted by Crippen LogP contribution is 2.02. The van der Waals surface area contributed by atoms with Crippen LogP contribution in [0.1, 0.15) is 10.4 Å². The quantitative estimate of drug-likeness (QED) is 0.789. The van der Waals surface area contributed by atoms with Crippen molar-refractivity contribution in [3.63, 3.8) is 0 Å². The molecule has 0 radical (unpaired) electrons. The van der Waals surface area contributed by atoms with Crippen LogP contribution in [0.2, 0.25) is 0 Å². The number of anilines is 1. The van der Waals surface area contributed by atoms with Crippen molar-refractivity contribution in [3.05, 3.63) is 54.4 Å². The van der Waals surface area contributed by atoms with Gasteiger partial charge in [0.1, 0.15) is 0 Å². The maximum absolute atomic E-state index is 11.5. The van der Waals surface area contributed by atoms with Crippen LogP contribution in [0.25, 0.3) is 0 Å². The Labute approximate surface area is 92.1 Å². The van der Waals surface area contributed by atoms with E-state index in [-0.39, 0.29) is 5.95 Å². The molecule has 0 unspecified atom stereocenters. The first kappa shape index (κ1) is 10.1. The number of nitrogens with zero attached hydrogens (tertiary/aromatic N) is 2. The molecule has 0 aliphatic carbocycles. The summed E-state index contributed by atoms with van der Waals surface area (Å²) in [7, 11) is 0. The zero-order chi connectivity index (χ0) is 11.2. The molecule has 1 aromatic heterocycles. The number of carbonyl (C=O) groups excluding carboxylic acids is 1. The maximum atomic E-state index is 11.5. The van der Waals surface area contributed by atoms with Gasteiger partial charge < -0.3 is 4.84 Å². The third kappa shape index (κ3) is 2.54. The highest BCUT2D eigenvalue weighted by Gasteiger charge is 2.06. The fourth-order valence-electron chi connectivity index (χ4n) is 1.08. The van der Waals surface area contributed by atoms with E-state index in [2.05, 4.69) is 15.4 Å². The van der Waals surface area contributed by atoms with E-state index >= 15 is 0 Å². The SMILES string of the molecule is O=C(ONc1ncccn1)c1ccccc1. The van der Waals surface area contributed by atoms with Crippen molar-refractivity contribution in [2.45, 2.75) is 0 Å². The molecule has 80 valence electrons. The fraction of sp³-hybridized carbons (Fsp3) is 0. The van der Waals surface area contributed by atoms with Crippen LogP contribution in [0, 0.1) is 0 Å². The second kappa shape index (κ2) is 4.88. The van der Waals surface area contributed by atoms with Crippen LogP contribution < -0.4 is 5.48 Å². The Hall–Kier alpha value is -2.43. The molecule has 0 saturated heterocycles. The van der Waals surface area contributed by atoms with E-state index in [1.165, 1.54) is 0 Å². The van der Waals surface area contributed by atoms with Crippen LogP contribution in [0.15, 0.2) is 48.8 Å². The highest BCUT2D eigenvalue weighted by molar-refractivity contribution is 5.89. The van der Waals surface area contributed by atoms with Gasteiger partial charge in [-0.2, -0.15) is 5.48 Å². The summed E-state index contributed by atoms with van der Waals surface area (Å²) in [6.07, 6.45) is 3.09. The highest BCUT2D eigenvalue weighted by atomic mass is 16.7. The van der Waals surface area contributed by atoms with E-state index in [0.29, 0.717) is 5.56 Å². The van der Waals surface area contributed by atoms with E-state index in [9.17, 15) is 4.79 Å². The second-order valence-corrected chi connectivity index (χ2v) is 2.93. The lowest BCUT2D eigenvalue weighted by molar-refractivity contribution is 0.0593. The molecule has 5 nitrogen and oxygen atoms in total. The molecule has 2 aromatic rings. The van der Waals surface area contributed by atoms with Gasteiger partial charge in [-0.1, -0.05) is 18.2 Å². The largest absolute Gasteiger partial charge is 0.362 e. The normalized spacial score (nSPS) is 9.50. The predicted molar refractivity (Wildman–Crippen MR) is 57.5 cm³/mol. The number of hydrogen-bond donors (Lipinski definition) is 1. The second-order valence-electron chi connectivity index (χ2n) is 2.93. The molecule has 2 rings (SSSR count). The molecule has 1 aromatic carbocycles. The molecule has 0 amide bonds. The molecular weight excluding hydrogens is 206 g/mol. The topological polar surface area (TPSA) is 64.1 Å². The van der Waals surface area contributed by atoms with Crippen molar-refractivity contribution in [2.75, 3.05) is 5.48 Å². The lowest BCUT2D eigenvalue weighted by atomic mass is 10.2. The van der Waals surface area contributed by atoms with Gasteiger partial charge >= 0.3 is 5.97 Å². The lowest BCUT2D eigenvalue weighted by Crippen LogP contribution is -2.12. The van der Waals surface area contributed by atoms with E-state index in [1.807, 2.05) is 6.07 Å². The Bertz CT molecular complexity index is 459. The molecule has 0 saturated carbocycles. The van der Waals surface area contributed by atoms with Gasteiger partial charge in [0.2, 0.25) is 0 Å². The molecular formula is C11H9N3O2. The van der Waals surface area contributed by atoms with Gasteiger partial charge in [-0.05, 0) is 18.2 Å². The summed E-state index contributed by atoms with van der Waals surface area (Å²) in [6, 6.07) is 10.3. The third-order valence-corrected chi connectivity index (χ3v) is 1.81. The van der Waals surface area contributed by atoms with Crippen LogP contribution in [-0.2, 0) is 4.84 Å². The summed E-state index contributed by atoms with van der Waals surface area (Å²) in [5.41, 5.74) is 2.83. The summed E-state index contributed by atoms with van der Waals surface area (Å²) in [5.74, 6) is -0.236. The van der Waals surface area contributed by atoms with Crippen molar-refractivity contribution >= 4 is 11.9 Å². The summed E-state index contributed by atoms with van der Waals surface area (Å²) in [4.78, 5) is 24.0. The van der Waals surface area contributed by atoms with Crippen molar-refractivity contribution in [1.82, 2.24) is 9.97 Å². The van der Waals surface area contributed by atoms with Gasteiger partial charge in [-0.25, -0.2) is 14.8 Å². The van der Waals surface area contributed by atoms with E-state index in [0.717, 1.165) is 0 Å². The van der Waals surface area contributed by atoms with Crippen molar-refractivity contribution in [1.29, 1.82) is 0 Å². The molecule has 0 fully saturated rings. The van der Waals surface area contributed by atoms with Gasteiger partial charge in [0.15, 0.2) is 0 Å². The van der Waals surface area contributed by atoms with E-state index < -0.39 is 5.97 Å². The standard InChI is InChI=1S/C11H9N3O2/c15-10(9-5-2-1-3-6-9)16-14-11-12-7-4-8-13-11/h1-8H,(H,12,13,14). The maximum Gasteiger partial charge on any atom is 0.362 e. The predicted octanol–water partition coefficient (Wildman–Crippen LogP) is 1.66. The number of aromatic nitrogens is 2. The minimum atomic E-state index is -0.479. The summed E-state index contributed by atoms with van der Waals surface area (Å²) >= 11 is 0. The van der Waals surface area contributed by atoms with Gasteiger partial charge in [-0.15, -0.1) is 0 Å². The molecule has 16 heavy (non-hydrogen) atoms. The number of carbonyl (C=O) groups is 1. The molecule has 0 aliphatic heterocycles. The average molecular weight is 215 g/mol. The Balaban J connectivity index is 1.95. The van der Waals surface area contributed by atoms with Crippen LogP contribution >= 0.6 is 0 Å². The summed E-state index contributed by atoms with van der Waals surface area (Å²) in [6.45, 7) is 0. The Morgan fingerprint density at radius 2 is 1.75 bits per heavy atom. The first-order chi connectivity index (χ1) is 7.86. The van der Waals surface area contributed by atoms with Crippen LogP contribution in [0.5, 0.6) is 0 Å². The lowest BCUT2D eigenvalue weighted by Gasteiger charge is -2.04. The fourth-order valence-corrected chi connectivity index (χ4v) is 1.08. The molecule has 0 aliphatic rings. The Morgan fingerprint density at radius 1 is 1.06 bits per heavy atom. The van der Waals surface area contributed by atoms with E-state index in [1.54, 1.807) is 42.7 Å². The van der Waals surface area contributed by atoms with Gasteiger partial charge in [0.05, 0.1) is 5.56 Å². The third-order valence-electron chi connectivity index (χ3n) is 1.81. The number of rotatable bonds is 3. The van der Waals surface area contributed by atoms with Gasteiger partial charge in [-0.3, -0.25) is 0 Å². The summed E-state index contributed by atoms with van der Waals surface area (Å²) < 4.78 is 0. The first-order valence-electron chi connectivity index (χ1n) is 4.65. The first-order valence-corrected chi connectivity index (χ1v) is 4.65. The molecule has 1 N–H and O–H groups in total. The minimum absolute atomic E-state index is 0.242. The molecule has 0 bridgehead atoms. The number of benzene rings is 1.